The molecule has 148 valence electrons. The van der Waals surface area contributed by atoms with Gasteiger partial charge in [-0.05, 0) is 42.0 Å². The van der Waals surface area contributed by atoms with Crippen molar-refractivity contribution in [1.82, 2.24) is 5.32 Å². The fourth-order valence-electron chi connectivity index (χ4n) is 2.72. The van der Waals surface area contributed by atoms with E-state index in [9.17, 15) is 14.4 Å². The van der Waals surface area contributed by atoms with Crippen molar-refractivity contribution < 1.29 is 23.9 Å². The Hall–Kier alpha value is -3.39. The predicted octanol–water partition coefficient (Wildman–Crippen LogP) is 3.69. The number of imide groups is 2. The second-order valence-corrected chi connectivity index (χ2v) is 6.86. The van der Waals surface area contributed by atoms with Crippen LogP contribution in [0.15, 0.2) is 65.2 Å². The number of benzene rings is 2. The van der Waals surface area contributed by atoms with E-state index < -0.39 is 17.8 Å². The molecule has 4 amide bonds. The Balaban J connectivity index is 1.97. The number of nitrogens with zero attached hydrogens (tertiary/aromatic N) is 1. The summed E-state index contributed by atoms with van der Waals surface area (Å²) in [5, 5.41) is 2.19. The smallest absolute Gasteiger partial charge is 0.335 e. The Bertz CT molecular complexity index is 1030. The van der Waals surface area contributed by atoms with E-state index in [0.717, 1.165) is 4.90 Å². The molecule has 1 aliphatic rings. The molecule has 0 radical (unpaired) electrons. The summed E-state index contributed by atoms with van der Waals surface area (Å²) in [7, 11) is 1.49. The number of anilines is 1. The number of nitrogens with one attached hydrogen (secondary N) is 1. The quantitative estimate of drug-likeness (QED) is 0.407. The fraction of sp³-hybridized carbons (Fsp3) is 0.0952. The summed E-state index contributed by atoms with van der Waals surface area (Å²) in [6, 6.07) is 10.8. The van der Waals surface area contributed by atoms with Crippen LogP contribution in [0.3, 0.4) is 0 Å². The summed E-state index contributed by atoms with van der Waals surface area (Å²) in [6.45, 7) is 3.90. The van der Waals surface area contributed by atoms with Gasteiger partial charge in [-0.25, -0.2) is 9.69 Å². The normalized spacial score (nSPS) is 15.3. The Morgan fingerprint density at radius 2 is 1.93 bits per heavy atom. The van der Waals surface area contributed by atoms with Gasteiger partial charge in [-0.2, -0.15) is 0 Å². The molecule has 0 bridgehead atoms. The number of amides is 4. The predicted molar refractivity (Wildman–Crippen MR) is 112 cm³/mol. The van der Waals surface area contributed by atoms with Crippen LogP contribution in [0.2, 0.25) is 0 Å². The number of hydrogen-bond donors (Lipinski definition) is 1. The number of carbonyl (C=O) groups excluding carboxylic acids is 3. The van der Waals surface area contributed by atoms with Gasteiger partial charge in [-0.3, -0.25) is 14.9 Å². The minimum atomic E-state index is -0.805. The third kappa shape index (κ3) is 4.38. The standard InChI is InChI=1S/C21H17BrN2O5/c1-3-9-29-17-8-7-13(11-18(17)28-2)10-16-19(25)23-21(27)24(20(16)26)15-6-4-5-14(22)12-15/h3-8,10-12H,1,9H2,2H3,(H,23,25,27). The van der Waals surface area contributed by atoms with Crippen LogP contribution in [0.25, 0.3) is 6.08 Å². The lowest BCUT2D eigenvalue weighted by Crippen LogP contribution is -2.54. The van der Waals surface area contributed by atoms with Crippen molar-refractivity contribution in [2.75, 3.05) is 18.6 Å². The first-order valence-electron chi connectivity index (χ1n) is 8.53. The summed E-state index contributed by atoms with van der Waals surface area (Å²) in [6.07, 6.45) is 3.00. The van der Waals surface area contributed by atoms with E-state index in [1.807, 2.05) is 0 Å². The largest absolute Gasteiger partial charge is 0.493 e. The number of barbiturate groups is 1. The van der Waals surface area contributed by atoms with E-state index >= 15 is 0 Å². The SMILES string of the molecule is C=CCOc1ccc(C=C2C(=O)NC(=O)N(c3cccc(Br)c3)C2=O)cc1OC. The van der Waals surface area contributed by atoms with Gasteiger partial charge in [0.2, 0.25) is 0 Å². The second kappa shape index (κ2) is 8.74. The Morgan fingerprint density at radius 1 is 1.14 bits per heavy atom. The molecule has 1 saturated heterocycles. The van der Waals surface area contributed by atoms with Gasteiger partial charge in [0.1, 0.15) is 12.2 Å². The molecule has 7 nitrogen and oxygen atoms in total. The molecule has 0 saturated carbocycles. The van der Waals surface area contributed by atoms with Crippen LogP contribution in [0.4, 0.5) is 10.5 Å². The summed E-state index contributed by atoms with van der Waals surface area (Å²) in [5.41, 5.74) is 0.701. The van der Waals surface area contributed by atoms with Crippen LogP contribution < -0.4 is 19.7 Å². The van der Waals surface area contributed by atoms with Crippen molar-refractivity contribution in [2.45, 2.75) is 0 Å². The Labute approximate surface area is 175 Å². The lowest BCUT2D eigenvalue weighted by molar-refractivity contribution is -0.122. The highest BCUT2D eigenvalue weighted by Crippen LogP contribution is 2.30. The molecule has 29 heavy (non-hydrogen) atoms. The van der Waals surface area contributed by atoms with Gasteiger partial charge in [-0.15, -0.1) is 0 Å². The number of carbonyl (C=O) groups is 3. The number of urea groups is 1. The summed E-state index contributed by atoms with van der Waals surface area (Å²) in [4.78, 5) is 38.4. The molecule has 1 fully saturated rings. The van der Waals surface area contributed by atoms with Gasteiger partial charge in [0.15, 0.2) is 11.5 Å². The minimum Gasteiger partial charge on any atom is -0.493 e. The van der Waals surface area contributed by atoms with Crippen molar-refractivity contribution in [3.63, 3.8) is 0 Å². The highest BCUT2D eigenvalue weighted by atomic mass is 79.9. The molecule has 1 N–H and O–H groups in total. The van der Waals surface area contributed by atoms with E-state index in [2.05, 4.69) is 27.8 Å². The maximum atomic E-state index is 12.9. The highest BCUT2D eigenvalue weighted by Gasteiger charge is 2.36. The maximum absolute atomic E-state index is 12.9. The number of methoxy groups -OCH3 is 1. The summed E-state index contributed by atoms with van der Waals surface area (Å²) in [5.74, 6) is -0.551. The molecule has 2 aromatic carbocycles. The molecule has 0 aromatic heterocycles. The molecule has 1 aliphatic heterocycles. The molecular formula is C21H17BrN2O5. The van der Waals surface area contributed by atoms with Crippen LogP contribution in [-0.2, 0) is 9.59 Å². The van der Waals surface area contributed by atoms with Crippen molar-refractivity contribution in [3.8, 4) is 11.5 Å². The van der Waals surface area contributed by atoms with Gasteiger partial charge < -0.3 is 9.47 Å². The first-order valence-corrected chi connectivity index (χ1v) is 9.32. The average molecular weight is 457 g/mol. The zero-order valence-corrected chi connectivity index (χ0v) is 17.1. The molecule has 3 rings (SSSR count). The van der Waals surface area contributed by atoms with Crippen molar-refractivity contribution in [2.24, 2.45) is 0 Å². The van der Waals surface area contributed by atoms with Gasteiger partial charge >= 0.3 is 6.03 Å². The molecule has 0 unspecified atom stereocenters. The Morgan fingerprint density at radius 3 is 2.62 bits per heavy atom. The van der Waals surface area contributed by atoms with Crippen LogP contribution in [-0.4, -0.2) is 31.6 Å². The maximum Gasteiger partial charge on any atom is 0.335 e. The molecule has 1 heterocycles. The topological polar surface area (TPSA) is 84.9 Å². The van der Waals surface area contributed by atoms with Gasteiger partial charge in [0, 0.05) is 4.47 Å². The lowest BCUT2D eigenvalue weighted by Gasteiger charge is -2.26. The zero-order chi connectivity index (χ0) is 21.0. The third-order valence-corrected chi connectivity index (χ3v) is 4.52. The van der Waals surface area contributed by atoms with Crippen LogP contribution in [0.1, 0.15) is 5.56 Å². The summed E-state index contributed by atoms with van der Waals surface area (Å²) < 4.78 is 11.5. The fourth-order valence-corrected chi connectivity index (χ4v) is 3.10. The van der Waals surface area contributed by atoms with Crippen molar-refractivity contribution in [1.29, 1.82) is 0 Å². The Kier molecular flexibility index (Phi) is 6.13. The van der Waals surface area contributed by atoms with Crippen LogP contribution >= 0.6 is 15.9 Å². The van der Waals surface area contributed by atoms with E-state index in [0.29, 0.717) is 33.8 Å². The van der Waals surface area contributed by atoms with Crippen LogP contribution in [0.5, 0.6) is 11.5 Å². The van der Waals surface area contributed by atoms with Gasteiger partial charge in [-0.1, -0.05) is 40.7 Å². The molecular weight excluding hydrogens is 440 g/mol. The van der Waals surface area contributed by atoms with Crippen molar-refractivity contribution in [3.05, 3.63) is 70.7 Å². The number of halogens is 1. The molecule has 0 spiro atoms. The second-order valence-electron chi connectivity index (χ2n) is 5.95. The van der Waals surface area contributed by atoms with E-state index in [1.54, 1.807) is 48.5 Å². The highest BCUT2D eigenvalue weighted by molar-refractivity contribution is 9.10. The lowest BCUT2D eigenvalue weighted by atomic mass is 10.1. The zero-order valence-electron chi connectivity index (χ0n) is 15.5. The minimum absolute atomic E-state index is 0.175. The van der Waals surface area contributed by atoms with E-state index in [1.165, 1.54) is 13.2 Å². The first-order chi connectivity index (χ1) is 13.9. The van der Waals surface area contributed by atoms with Crippen molar-refractivity contribution >= 4 is 45.5 Å². The van der Waals surface area contributed by atoms with E-state index in [-0.39, 0.29) is 5.57 Å². The third-order valence-electron chi connectivity index (χ3n) is 4.02. The molecule has 0 atom stereocenters. The number of hydrogen-bond acceptors (Lipinski definition) is 5. The number of rotatable bonds is 6. The molecule has 0 aliphatic carbocycles. The average Bonchev–Trinajstić information content (AvgIpc) is 2.69. The first kappa shape index (κ1) is 20.3. The van der Waals surface area contributed by atoms with E-state index in [4.69, 9.17) is 9.47 Å². The molecule has 8 heteroatoms. The molecule has 2 aromatic rings. The summed E-state index contributed by atoms with van der Waals surface area (Å²) >= 11 is 3.31. The monoisotopic (exact) mass is 456 g/mol. The van der Waals surface area contributed by atoms with Crippen LogP contribution in [0, 0.1) is 0 Å². The van der Waals surface area contributed by atoms with Gasteiger partial charge in [0.05, 0.1) is 12.8 Å². The van der Waals surface area contributed by atoms with Gasteiger partial charge in [0.25, 0.3) is 11.8 Å². The number of ether oxygens (including phenoxy) is 2.